The van der Waals surface area contributed by atoms with Crippen LogP contribution in [0.15, 0.2) is 0 Å². The summed E-state index contributed by atoms with van der Waals surface area (Å²) in [5, 5.41) is 3.24. The zero-order chi connectivity index (χ0) is 9.52. The Morgan fingerprint density at radius 1 is 1.38 bits per heavy atom. The van der Waals surface area contributed by atoms with Gasteiger partial charge in [-0.25, -0.2) is 0 Å². The van der Waals surface area contributed by atoms with Gasteiger partial charge in [0.05, 0.1) is 6.10 Å². The molecular weight excluding hydrogens is 170 g/mol. The van der Waals surface area contributed by atoms with Gasteiger partial charge in [0.1, 0.15) is 13.2 Å². The highest BCUT2D eigenvalue weighted by Crippen LogP contribution is 2.06. The van der Waals surface area contributed by atoms with Crippen LogP contribution in [0.1, 0.15) is 12.8 Å². The van der Waals surface area contributed by atoms with E-state index in [-0.39, 0.29) is 25.1 Å². The minimum Gasteiger partial charge on any atom is -0.377 e. The quantitative estimate of drug-likeness (QED) is 0.656. The molecule has 0 radical (unpaired) electrons. The standard InChI is InChI=1S/C9H17NO3/c1-12-6-8(11)7-13-9-2-4-10-5-3-9/h9-10H,2-7H2,1H3. The highest BCUT2D eigenvalue weighted by Gasteiger charge is 2.14. The lowest BCUT2D eigenvalue weighted by Crippen LogP contribution is -2.33. The molecule has 1 fully saturated rings. The number of piperidine rings is 1. The summed E-state index contributed by atoms with van der Waals surface area (Å²) in [6, 6.07) is 0. The summed E-state index contributed by atoms with van der Waals surface area (Å²) in [5.41, 5.74) is 0. The molecule has 1 N–H and O–H groups in total. The molecule has 0 atom stereocenters. The van der Waals surface area contributed by atoms with Gasteiger partial charge in [0, 0.05) is 7.11 Å². The summed E-state index contributed by atoms with van der Waals surface area (Å²) in [6.07, 6.45) is 2.25. The van der Waals surface area contributed by atoms with Gasteiger partial charge in [-0.2, -0.15) is 0 Å². The zero-order valence-corrected chi connectivity index (χ0v) is 8.04. The van der Waals surface area contributed by atoms with Gasteiger partial charge in [-0.15, -0.1) is 0 Å². The van der Waals surface area contributed by atoms with Gasteiger partial charge < -0.3 is 14.8 Å². The Morgan fingerprint density at radius 3 is 2.69 bits per heavy atom. The number of ether oxygens (including phenoxy) is 2. The van der Waals surface area contributed by atoms with Crippen LogP contribution in [0.25, 0.3) is 0 Å². The highest BCUT2D eigenvalue weighted by atomic mass is 16.5. The first kappa shape index (κ1) is 10.6. The molecule has 0 amide bonds. The van der Waals surface area contributed by atoms with Crippen molar-refractivity contribution in [1.29, 1.82) is 0 Å². The Labute approximate surface area is 78.6 Å². The molecule has 1 saturated heterocycles. The maximum atomic E-state index is 11.0. The third-order valence-corrected chi connectivity index (χ3v) is 2.07. The van der Waals surface area contributed by atoms with Crippen LogP contribution in [-0.4, -0.2) is 45.3 Å². The van der Waals surface area contributed by atoms with Gasteiger partial charge in [-0.1, -0.05) is 0 Å². The van der Waals surface area contributed by atoms with Crippen molar-refractivity contribution in [3.8, 4) is 0 Å². The molecule has 1 rings (SSSR count). The van der Waals surface area contributed by atoms with E-state index in [4.69, 9.17) is 9.47 Å². The lowest BCUT2D eigenvalue weighted by Gasteiger charge is -2.22. The number of hydrogen-bond acceptors (Lipinski definition) is 4. The molecule has 76 valence electrons. The Kier molecular flexibility index (Phi) is 4.97. The molecule has 4 heteroatoms. The number of methoxy groups -OCH3 is 1. The van der Waals surface area contributed by atoms with Crippen LogP contribution in [0.5, 0.6) is 0 Å². The second-order valence-electron chi connectivity index (χ2n) is 3.23. The van der Waals surface area contributed by atoms with Crippen LogP contribution >= 0.6 is 0 Å². The number of Topliss-reactive ketones (excluding diaryl/α,β-unsaturated/α-hetero) is 1. The average molecular weight is 187 g/mol. The van der Waals surface area contributed by atoms with Gasteiger partial charge in [0.25, 0.3) is 0 Å². The van der Waals surface area contributed by atoms with Crippen molar-refractivity contribution in [3.05, 3.63) is 0 Å². The maximum Gasteiger partial charge on any atom is 0.183 e. The predicted octanol–water partition coefficient (Wildman–Crippen LogP) is -0.0295. The number of carbonyl (C=O) groups is 1. The molecule has 0 aromatic rings. The number of rotatable bonds is 5. The topological polar surface area (TPSA) is 47.6 Å². The third-order valence-electron chi connectivity index (χ3n) is 2.07. The molecule has 0 saturated carbocycles. The molecule has 0 aliphatic carbocycles. The van der Waals surface area contributed by atoms with Crippen LogP contribution < -0.4 is 5.32 Å². The van der Waals surface area contributed by atoms with Gasteiger partial charge in [0.15, 0.2) is 5.78 Å². The molecule has 1 aliphatic rings. The number of ketones is 1. The van der Waals surface area contributed by atoms with Crippen molar-refractivity contribution in [2.75, 3.05) is 33.4 Å². The van der Waals surface area contributed by atoms with Gasteiger partial charge in [0.2, 0.25) is 0 Å². The van der Waals surface area contributed by atoms with E-state index < -0.39 is 0 Å². The first-order chi connectivity index (χ1) is 6.33. The Balaban J connectivity index is 2.06. The Hall–Kier alpha value is -0.450. The van der Waals surface area contributed by atoms with Crippen LogP contribution in [0.4, 0.5) is 0 Å². The van der Waals surface area contributed by atoms with Gasteiger partial charge >= 0.3 is 0 Å². The molecule has 0 unspecified atom stereocenters. The number of carbonyl (C=O) groups excluding carboxylic acids is 1. The number of hydrogen-bond donors (Lipinski definition) is 1. The summed E-state index contributed by atoms with van der Waals surface area (Å²) in [5.74, 6) is 0.0148. The first-order valence-corrected chi connectivity index (χ1v) is 4.66. The van der Waals surface area contributed by atoms with Crippen molar-refractivity contribution in [3.63, 3.8) is 0 Å². The van der Waals surface area contributed by atoms with Crippen LogP contribution in [0.3, 0.4) is 0 Å². The molecule has 0 aromatic carbocycles. The largest absolute Gasteiger partial charge is 0.377 e. The highest BCUT2D eigenvalue weighted by molar-refractivity contribution is 5.80. The van der Waals surface area contributed by atoms with E-state index in [1.54, 1.807) is 0 Å². The number of nitrogens with one attached hydrogen (secondary N) is 1. The van der Waals surface area contributed by atoms with E-state index in [1.165, 1.54) is 7.11 Å². The van der Waals surface area contributed by atoms with Crippen LogP contribution in [0, 0.1) is 0 Å². The van der Waals surface area contributed by atoms with Crippen LogP contribution in [0.2, 0.25) is 0 Å². The SMILES string of the molecule is COCC(=O)COC1CCNCC1. The minimum atomic E-state index is 0.0148. The van der Waals surface area contributed by atoms with Gasteiger partial charge in [-0.3, -0.25) is 4.79 Å². The lowest BCUT2D eigenvalue weighted by molar-refractivity contribution is -0.129. The zero-order valence-electron chi connectivity index (χ0n) is 8.04. The smallest absolute Gasteiger partial charge is 0.183 e. The summed E-state index contributed by atoms with van der Waals surface area (Å²) < 4.78 is 10.1. The molecule has 4 nitrogen and oxygen atoms in total. The second kappa shape index (κ2) is 6.07. The molecule has 13 heavy (non-hydrogen) atoms. The Morgan fingerprint density at radius 2 is 2.08 bits per heavy atom. The molecule has 1 aliphatic heterocycles. The van der Waals surface area contributed by atoms with E-state index in [0.29, 0.717) is 0 Å². The summed E-state index contributed by atoms with van der Waals surface area (Å²) in [7, 11) is 1.52. The summed E-state index contributed by atoms with van der Waals surface area (Å²) in [6.45, 7) is 2.33. The van der Waals surface area contributed by atoms with E-state index in [0.717, 1.165) is 25.9 Å². The van der Waals surface area contributed by atoms with E-state index in [9.17, 15) is 4.79 Å². The molecule has 0 aromatic heterocycles. The normalized spacial score (nSPS) is 18.8. The summed E-state index contributed by atoms with van der Waals surface area (Å²) >= 11 is 0. The summed E-state index contributed by atoms with van der Waals surface area (Å²) in [4.78, 5) is 11.0. The Bertz CT molecular complexity index is 155. The molecule has 1 heterocycles. The fraction of sp³-hybridized carbons (Fsp3) is 0.889. The fourth-order valence-electron chi connectivity index (χ4n) is 1.38. The fourth-order valence-corrected chi connectivity index (χ4v) is 1.38. The van der Waals surface area contributed by atoms with Crippen molar-refractivity contribution in [2.24, 2.45) is 0 Å². The predicted molar refractivity (Wildman–Crippen MR) is 48.7 cm³/mol. The van der Waals surface area contributed by atoms with Crippen molar-refractivity contribution in [2.45, 2.75) is 18.9 Å². The van der Waals surface area contributed by atoms with E-state index in [2.05, 4.69) is 5.32 Å². The average Bonchev–Trinajstić information content (AvgIpc) is 2.17. The molecule has 0 spiro atoms. The van der Waals surface area contributed by atoms with Crippen molar-refractivity contribution < 1.29 is 14.3 Å². The van der Waals surface area contributed by atoms with Gasteiger partial charge in [-0.05, 0) is 25.9 Å². The van der Waals surface area contributed by atoms with E-state index in [1.807, 2.05) is 0 Å². The third kappa shape index (κ3) is 4.36. The lowest BCUT2D eigenvalue weighted by atomic mass is 10.1. The van der Waals surface area contributed by atoms with Crippen molar-refractivity contribution >= 4 is 5.78 Å². The second-order valence-corrected chi connectivity index (χ2v) is 3.23. The molecule has 0 bridgehead atoms. The first-order valence-electron chi connectivity index (χ1n) is 4.66. The van der Waals surface area contributed by atoms with Crippen LogP contribution in [-0.2, 0) is 14.3 Å². The maximum absolute atomic E-state index is 11.0. The van der Waals surface area contributed by atoms with Crippen molar-refractivity contribution in [1.82, 2.24) is 5.32 Å². The monoisotopic (exact) mass is 187 g/mol. The minimum absolute atomic E-state index is 0.0148. The van der Waals surface area contributed by atoms with E-state index >= 15 is 0 Å². The molecular formula is C9H17NO3.